The average molecular weight is 457 g/mol. The molecule has 0 aliphatic carbocycles. The molecule has 0 saturated carbocycles. The fourth-order valence-electron chi connectivity index (χ4n) is 2.67. The lowest BCUT2D eigenvalue weighted by Crippen LogP contribution is -2.18. The molecule has 0 saturated heterocycles. The first-order chi connectivity index (χ1) is 15.1. The lowest BCUT2D eigenvalue weighted by Gasteiger charge is -2.08. The van der Waals surface area contributed by atoms with Gasteiger partial charge in [0.05, 0.1) is 17.8 Å². The first-order valence-corrected chi connectivity index (χ1v) is 10.5. The van der Waals surface area contributed by atoms with Crippen molar-refractivity contribution in [2.75, 3.05) is 6.61 Å². The van der Waals surface area contributed by atoms with Gasteiger partial charge in [0.1, 0.15) is 18.1 Å². The van der Waals surface area contributed by atoms with E-state index in [1.54, 1.807) is 24.4 Å². The van der Waals surface area contributed by atoms with E-state index < -0.39 is 0 Å². The first kappa shape index (κ1) is 22.7. The fourth-order valence-corrected chi connectivity index (χ4v) is 3.13. The fraction of sp³-hybridized carbons (Fsp3) is 0.167. The van der Waals surface area contributed by atoms with E-state index in [0.29, 0.717) is 35.4 Å². The van der Waals surface area contributed by atoms with E-state index in [1.165, 1.54) is 0 Å². The highest BCUT2D eigenvalue weighted by Gasteiger charge is 2.04. The van der Waals surface area contributed by atoms with E-state index in [9.17, 15) is 4.79 Å². The predicted molar refractivity (Wildman–Crippen MR) is 124 cm³/mol. The number of nitrogens with zero attached hydrogens (tertiary/aromatic N) is 1. The molecule has 0 aromatic heterocycles. The van der Waals surface area contributed by atoms with E-state index in [-0.39, 0.29) is 12.3 Å². The van der Waals surface area contributed by atoms with Crippen LogP contribution in [0.4, 0.5) is 0 Å². The zero-order valence-electron chi connectivity index (χ0n) is 16.8. The van der Waals surface area contributed by atoms with Crippen molar-refractivity contribution < 1.29 is 14.3 Å². The standard InChI is InChI=1S/C24H22Cl2N2O3/c25-20-11-12-23(22(26)15-20)30-13-5-10-24(29)28-27-16-19-8-4-9-21(14-19)31-17-18-6-2-1-3-7-18/h1-4,6-9,11-12,14-16H,5,10,13,17H2,(H,28,29). The first-order valence-electron chi connectivity index (χ1n) is 9.77. The van der Waals surface area contributed by atoms with Crippen LogP contribution >= 0.6 is 23.2 Å². The van der Waals surface area contributed by atoms with Gasteiger partial charge >= 0.3 is 0 Å². The van der Waals surface area contributed by atoms with E-state index in [1.807, 2.05) is 54.6 Å². The van der Waals surface area contributed by atoms with E-state index in [4.69, 9.17) is 32.7 Å². The van der Waals surface area contributed by atoms with Crippen molar-refractivity contribution in [2.45, 2.75) is 19.4 Å². The number of carbonyl (C=O) groups is 1. The van der Waals surface area contributed by atoms with E-state index in [0.717, 1.165) is 16.9 Å². The smallest absolute Gasteiger partial charge is 0.240 e. The summed E-state index contributed by atoms with van der Waals surface area (Å²) in [5.74, 6) is 1.08. The van der Waals surface area contributed by atoms with Crippen molar-refractivity contribution in [3.8, 4) is 11.5 Å². The van der Waals surface area contributed by atoms with Gasteiger partial charge in [-0.15, -0.1) is 0 Å². The molecule has 0 fully saturated rings. The van der Waals surface area contributed by atoms with Gasteiger partial charge < -0.3 is 9.47 Å². The molecular weight excluding hydrogens is 435 g/mol. The molecular formula is C24H22Cl2N2O3. The quantitative estimate of drug-likeness (QED) is 0.235. The monoisotopic (exact) mass is 456 g/mol. The Morgan fingerprint density at radius 3 is 2.61 bits per heavy atom. The van der Waals surface area contributed by atoms with Gasteiger partial charge in [-0.2, -0.15) is 5.10 Å². The van der Waals surface area contributed by atoms with Gasteiger partial charge in [0, 0.05) is 11.4 Å². The van der Waals surface area contributed by atoms with Gasteiger partial charge in [0.25, 0.3) is 0 Å². The molecule has 5 nitrogen and oxygen atoms in total. The third-order valence-corrected chi connectivity index (χ3v) is 4.74. The van der Waals surface area contributed by atoms with E-state index in [2.05, 4.69) is 10.5 Å². The molecule has 1 amide bonds. The van der Waals surface area contributed by atoms with Crippen molar-refractivity contribution in [2.24, 2.45) is 5.10 Å². The van der Waals surface area contributed by atoms with Crippen LogP contribution in [0, 0.1) is 0 Å². The van der Waals surface area contributed by atoms with Crippen LogP contribution in [0.2, 0.25) is 10.0 Å². The number of halogens is 2. The van der Waals surface area contributed by atoms with Gasteiger partial charge in [-0.1, -0.05) is 65.7 Å². The zero-order valence-corrected chi connectivity index (χ0v) is 18.3. The van der Waals surface area contributed by atoms with Crippen LogP contribution in [0.25, 0.3) is 0 Å². The van der Waals surface area contributed by atoms with Gasteiger partial charge in [-0.25, -0.2) is 5.43 Å². The summed E-state index contributed by atoms with van der Waals surface area (Å²) in [7, 11) is 0. The number of carbonyl (C=O) groups excluding carboxylic acids is 1. The Labute approximate surface area is 191 Å². The average Bonchev–Trinajstić information content (AvgIpc) is 2.77. The lowest BCUT2D eigenvalue weighted by atomic mass is 10.2. The Hall–Kier alpha value is -3.02. The largest absolute Gasteiger partial charge is 0.492 e. The second kappa shape index (κ2) is 12.0. The molecule has 0 aliphatic rings. The molecule has 160 valence electrons. The number of rotatable bonds is 10. The molecule has 31 heavy (non-hydrogen) atoms. The highest BCUT2D eigenvalue weighted by atomic mass is 35.5. The summed E-state index contributed by atoms with van der Waals surface area (Å²) in [6, 6.07) is 22.5. The van der Waals surface area contributed by atoms with Crippen LogP contribution in [0.3, 0.4) is 0 Å². The molecule has 0 heterocycles. The van der Waals surface area contributed by atoms with Crippen molar-refractivity contribution in [1.82, 2.24) is 5.43 Å². The van der Waals surface area contributed by atoms with Gasteiger partial charge in [-0.3, -0.25) is 4.79 Å². The van der Waals surface area contributed by atoms with Crippen molar-refractivity contribution >= 4 is 35.3 Å². The highest BCUT2D eigenvalue weighted by Crippen LogP contribution is 2.27. The molecule has 3 aromatic carbocycles. The number of hydrazone groups is 1. The number of nitrogens with one attached hydrogen (secondary N) is 1. The van der Waals surface area contributed by atoms with Gasteiger partial charge in [0.2, 0.25) is 5.91 Å². The number of hydrogen-bond donors (Lipinski definition) is 1. The van der Waals surface area contributed by atoms with Crippen LogP contribution in [-0.2, 0) is 11.4 Å². The molecule has 0 spiro atoms. The molecule has 3 aromatic rings. The molecule has 0 unspecified atom stereocenters. The van der Waals surface area contributed by atoms with Crippen molar-refractivity contribution in [1.29, 1.82) is 0 Å². The summed E-state index contributed by atoms with van der Waals surface area (Å²) < 4.78 is 11.4. The second-order valence-electron chi connectivity index (χ2n) is 6.67. The molecule has 0 bridgehead atoms. The third-order valence-electron chi connectivity index (χ3n) is 4.21. The van der Waals surface area contributed by atoms with Crippen molar-refractivity contribution in [3.05, 3.63) is 94.0 Å². The third kappa shape index (κ3) is 7.96. The summed E-state index contributed by atoms with van der Waals surface area (Å²) in [5, 5.41) is 4.99. The minimum atomic E-state index is -0.196. The summed E-state index contributed by atoms with van der Waals surface area (Å²) in [5.41, 5.74) is 4.44. The Morgan fingerprint density at radius 1 is 0.968 bits per heavy atom. The highest BCUT2D eigenvalue weighted by molar-refractivity contribution is 6.35. The summed E-state index contributed by atoms with van der Waals surface area (Å²) in [4.78, 5) is 11.9. The zero-order chi connectivity index (χ0) is 21.9. The minimum absolute atomic E-state index is 0.196. The van der Waals surface area contributed by atoms with Crippen LogP contribution in [-0.4, -0.2) is 18.7 Å². The second-order valence-corrected chi connectivity index (χ2v) is 7.51. The normalized spacial score (nSPS) is 10.8. The van der Waals surface area contributed by atoms with Gasteiger partial charge in [-0.05, 0) is 47.9 Å². The van der Waals surface area contributed by atoms with E-state index >= 15 is 0 Å². The molecule has 1 N–H and O–H groups in total. The Bertz CT molecular complexity index is 1030. The maximum Gasteiger partial charge on any atom is 0.240 e. The van der Waals surface area contributed by atoms with Gasteiger partial charge in [0.15, 0.2) is 0 Å². The molecule has 0 aliphatic heterocycles. The van der Waals surface area contributed by atoms with Crippen molar-refractivity contribution in [3.63, 3.8) is 0 Å². The number of benzene rings is 3. The number of amides is 1. The van der Waals surface area contributed by atoms with Crippen LogP contribution in [0.5, 0.6) is 11.5 Å². The maximum atomic E-state index is 11.9. The molecule has 0 radical (unpaired) electrons. The topological polar surface area (TPSA) is 59.9 Å². The Kier molecular flexibility index (Phi) is 8.76. The molecule has 0 atom stereocenters. The summed E-state index contributed by atoms with van der Waals surface area (Å²) in [6.07, 6.45) is 2.39. The number of hydrogen-bond acceptors (Lipinski definition) is 4. The van der Waals surface area contributed by atoms with Crippen LogP contribution < -0.4 is 14.9 Å². The Morgan fingerprint density at radius 2 is 1.81 bits per heavy atom. The summed E-state index contributed by atoms with van der Waals surface area (Å²) >= 11 is 11.9. The molecule has 3 rings (SSSR count). The SMILES string of the molecule is O=C(CCCOc1ccc(Cl)cc1Cl)NN=Cc1cccc(OCc2ccccc2)c1. The number of ether oxygens (including phenoxy) is 2. The summed E-state index contributed by atoms with van der Waals surface area (Å²) in [6.45, 7) is 0.848. The van der Waals surface area contributed by atoms with Crippen LogP contribution in [0.15, 0.2) is 77.9 Å². The molecule has 7 heteroatoms. The Balaban J connectivity index is 1.38. The maximum absolute atomic E-state index is 11.9. The minimum Gasteiger partial charge on any atom is -0.492 e. The lowest BCUT2D eigenvalue weighted by molar-refractivity contribution is -0.121. The predicted octanol–water partition coefficient (Wildman–Crippen LogP) is 5.88. The van der Waals surface area contributed by atoms with Crippen LogP contribution in [0.1, 0.15) is 24.0 Å².